The maximum Gasteiger partial charge on any atom is 0.0477 e. The molecule has 0 fully saturated rings. The van der Waals surface area contributed by atoms with Crippen molar-refractivity contribution in [1.82, 2.24) is 0 Å². The number of halogens is 1. The van der Waals surface area contributed by atoms with Gasteiger partial charge in [0.1, 0.15) is 0 Å². The van der Waals surface area contributed by atoms with Crippen LogP contribution in [-0.4, -0.2) is 5.33 Å². The molecule has 0 spiro atoms. The molecule has 2 N–H and O–H groups in total. The maximum atomic E-state index is 5.86. The average Bonchev–Trinajstić information content (AvgIpc) is 2.20. The Labute approximate surface area is 100 Å². The van der Waals surface area contributed by atoms with Crippen LogP contribution in [0.25, 0.3) is 0 Å². The first-order chi connectivity index (χ1) is 7.15. The topological polar surface area (TPSA) is 26.0 Å². The van der Waals surface area contributed by atoms with Gasteiger partial charge in [-0.2, -0.15) is 0 Å². The van der Waals surface area contributed by atoms with Crippen molar-refractivity contribution in [1.29, 1.82) is 0 Å². The van der Waals surface area contributed by atoms with Crippen LogP contribution in [0.3, 0.4) is 0 Å². The molecule has 0 aliphatic rings. The number of hydrogen-bond donors (Lipinski definition) is 1. The van der Waals surface area contributed by atoms with E-state index >= 15 is 0 Å². The highest BCUT2D eigenvalue weighted by molar-refractivity contribution is 9.09. The summed E-state index contributed by atoms with van der Waals surface area (Å²) in [6.45, 7) is 4.34. The Morgan fingerprint density at radius 1 is 1.40 bits per heavy atom. The molecule has 0 radical (unpaired) electrons. The van der Waals surface area contributed by atoms with Gasteiger partial charge in [-0.25, -0.2) is 0 Å². The Morgan fingerprint density at radius 3 is 2.73 bits per heavy atom. The van der Waals surface area contributed by atoms with Crippen molar-refractivity contribution in [3.05, 3.63) is 29.3 Å². The Morgan fingerprint density at radius 2 is 2.13 bits per heavy atom. The van der Waals surface area contributed by atoms with Crippen LogP contribution in [0.2, 0.25) is 0 Å². The zero-order valence-corrected chi connectivity index (χ0v) is 10.8. The molecule has 0 atom stereocenters. The SMILES string of the molecule is CC(C)c1ccc(N)c(C#CCCBr)c1. The third kappa shape index (κ3) is 3.60. The molecule has 15 heavy (non-hydrogen) atoms. The van der Waals surface area contributed by atoms with Gasteiger partial charge in [-0.05, 0) is 23.6 Å². The fraction of sp³-hybridized carbons (Fsp3) is 0.385. The van der Waals surface area contributed by atoms with E-state index in [1.54, 1.807) is 0 Å². The molecular formula is C13H16BrN. The number of hydrogen-bond acceptors (Lipinski definition) is 1. The predicted octanol–water partition coefficient (Wildman–Crippen LogP) is 3.53. The van der Waals surface area contributed by atoms with Gasteiger partial charge in [-0.3, -0.25) is 0 Å². The molecule has 80 valence electrons. The number of nitrogen functional groups attached to an aromatic ring is 1. The lowest BCUT2D eigenvalue weighted by molar-refractivity contribution is 0.866. The van der Waals surface area contributed by atoms with E-state index < -0.39 is 0 Å². The second kappa shape index (κ2) is 5.82. The van der Waals surface area contributed by atoms with Crippen molar-refractivity contribution in [2.75, 3.05) is 11.1 Å². The molecule has 0 bridgehead atoms. The van der Waals surface area contributed by atoms with Gasteiger partial charge >= 0.3 is 0 Å². The molecule has 0 amide bonds. The van der Waals surface area contributed by atoms with Gasteiger partial charge in [0, 0.05) is 23.0 Å². The number of alkyl halides is 1. The molecule has 2 heteroatoms. The summed E-state index contributed by atoms with van der Waals surface area (Å²) in [5.41, 5.74) is 8.85. The number of benzene rings is 1. The summed E-state index contributed by atoms with van der Waals surface area (Å²) in [7, 11) is 0. The van der Waals surface area contributed by atoms with Crippen molar-refractivity contribution in [2.45, 2.75) is 26.2 Å². The first-order valence-corrected chi connectivity index (χ1v) is 6.21. The molecule has 0 aliphatic heterocycles. The molecule has 1 aromatic carbocycles. The lowest BCUT2D eigenvalue weighted by Gasteiger charge is -2.07. The quantitative estimate of drug-likeness (QED) is 0.494. The molecule has 1 nitrogen and oxygen atoms in total. The summed E-state index contributed by atoms with van der Waals surface area (Å²) in [5, 5.41) is 0.907. The number of rotatable bonds is 2. The van der Waals surface area contributed by atoms with E-state index in [9.17, 15) is 0 Å². The Kier molecular flexibility index (Phi) is 4.71. The van der Waals surface area contributed by atoms with Crippen LogP contribution in [0.15, 0.2) is 18.2 Å². The second-order valence-corrected chi connectivity index (χ2v) is 4.54. The minimum atomic E-state index is 0.516. The van der Waals surface area contributed by atoms with Crippen molar-refractivity contribution in [3.8, 4) is 11.8 Å². The van der Waals surface area contributed by atoms with Crippen LogP contribution in [0, 0.1) is 11.8 Å². The van der Waals surface area contributed by atoms with Crippen molar-refractivity contribution in [3.63, 3.8) is 0 Å². The maximum absolute atomic E-state index is 5.86. The van der Waals surface area contributed by atoms with Crippen molar-refractivity contribution < 1.29 is 0 Å². The smallest absolute Gasteiger partial charge is 0.0477 e. The Balaban J connectivity index is 2.97. The van der Waals surface area contributed by atoms with E-state index in [2.05, 4.69) is 53.8 Å². The van der Waals surface area contributed by atoms with E-state index in [4.69, 9.17) is 5.73 Å². The molecular weight excluding hydrogens is 250 g/mol. The highest BCUT2D eigenvalue weighted by Crippen LogP contribution is 2.19. The van der Waals surface area contributed by atoms with Crippen LogP contribution >= 0.6 is 15.9 Å². The number of nitrogens with two attached hydrogens (primary N) is 1. The van der Waals surface area contributed by atoms with Crippen LogP contribution in [-0.2, 0) is 0 Å². The fourth-order valence-corrected chi connectivity index (χ4v) is 1.44. The molecule has 0 aliphatic carbocycles. The van der Waals surface area contributed by atoms with Gasteiger partial charge < -0.3 is 5.73 Å². The Hall–Kier alpha value is -0.940. The Bertz CT molecular complexity index is 385. The zero-order chi connectivity index (χ0) is 11.3. The van der Waals surface area contributed by atoms with Gasteiger partial charge in [0.25, 0.3) is 0 Å². The second-order valence-electron chi connectivity index (χ2n) is 3.74. The summed E-state index contributed by atoms with van der Waals surface area (Å²) >= 11 is 3.35. The van der Waals surface area contributed by atoms with Crippen LogP contribution < -0.4 is 5.73 Å². The molecule has 1 aromatic rings. The van der Waals surface area contributed by atoms with E-state index in [-0.39, 0.29) is 0 Å². The normalized spacial score (nSPS) is 9.87. The minimum absolute atomic E-state index is 0.516. The third-order valence-electron chi connectivity index (χ3n) is 2.19. The molecule has 0 heterocycles. The van der Waals surface area contributed by atoms with Gasteiger partial charge in [0.05, 0.1) is 0 Å². The number of anilines is 1. The van der Waals surface area contributed by atoms with E-state index in [1.807, 2.05) is 6.07 Å². The highest BCUT2D eigenvalue weighted by atomic mass is 79.9. The summed E-state index contributed by atoms with van der Waals surface area (Å²) in [4.78, 5) is 0. The monoisotopic (exact) mass is 265 g/mol. The highest BCUT2D eigenvalue weighted by Gasteiger charge is 2.01. The molecule has 0 saturated heterocycles. The van der Waals surface area contributed by atoms with E-state index in [0.29, 0.717) is 5.92 Å². The van der Waals surface area contributed by atoms with Crippen LogP contribution in [0.5, 0.6) is 0 Å². The third-order valence-corrected chi connectivity index (χ3v) is 2.58. The average molecular weight is 266 g/mol. The fourth-order valence-electron chi connectivity index (χ4n) is 1.25. The van der Waals surface area contributed by atoms with Gasteiger partial charge in [0.2, 0.25) is 0 Å². The molecule has 0 aromatic heterocycles. The van der Waals surface area contributed by atoms with E-state index in [1.165, 1.54) is 5.56 Å². The lowest BCUT2D eigenvalue weighted by Crippen LogP contribution is -1.94. The minimum Gasteiger partial charge on any atom is -0.398 e. The summed E-state index contributed by atoms with van der Waals surface area (Å²) in [6, 6.07) is 6.09. The van der Waals surface area contributed by atoms with Crippen LogP contribution in [0.1, 0.15) is 37.3 Å². The van der Waals surface area contributed by atoms with Crippen LogP contribution in [0.4, 0.5) is 5.69 Å². The predicted molar refractivity (Wildman–Crippen MR) is 70.2 cm³/mol. The van der Waals surface area contributed by atoms with Crippen molar-refractivity contribution >= 4 is 21.6 Å². The van der Waals surface area contributed by atoms with E-state index in [0.717, 1.165) is 23.0 Å². The molecule has 0 unspecified atom stereocenters. The van der Waals surface area contributed by atoms with Gasteiger partial charge in [0.15, 0.2) is 0 Å². The summed E-state index contributed by atoms with van der Waals surface area (Å²) in [6.07, 6.45) is 0.853. The first kappa shape index (κ1) is 12.1. The van der Waals surface area contributed by atoms with Gasteiger partial charge in [-0.1, -0.05) is 47.7 Å². The van der Waals surface area contributed by atoms with Gasteiger partial charge in [-0.15, -0.1) is 0 Å². The largest absolute Gasteiger partial charge is 0.398 e. The zero-order valence-electron chi connectivity index (χ0n) is 9.18. The van der Waals surface area contributed by atoms with Crippen molar-refractivity contribution in [2.24, 2.45) is 0 Å². The molecule has 0 saturated carbocycles. The summed E-state index contributed by atoms with van der Waals surface area (Å²) in [5.74, 6) is 6.70. The first-order valence-electron chi connectivity index (χ1n) is 5.09. The standard InChI is InChI=1S/C13H16BrN/c1-10(2)11-6-7-13(15)12(9-11)5-3-4-8-14/h6-7,9-10H,4,8,15H2,1-2H3. The lowest BCUT2D eigenvalue weighted by atomic mass is 10.00. The molecule has 1 rings (SSSR count). The summed E-state index contributed by atoms with van der Waals surface area (Å²) < 4.78 is 0.